The number of hydrogen-bond donors (Lipinski definition) is 3. The van der Waals surface area contributed by atoms with E-state index < -0.39 is 0 Å². The molecule has 1 heterocycles. The highest BCUT2D eigenvalue weighted by Gasteiger charge is 2.15. The van der Waals surface area contributed by atoms with Crippen molar-refractivity contribution in [2.75, 3.05) is 16.0 Å². The van der Waals surface area contributed by atoms with Crippen molar-refractivity contribution >= 4 is 29.0 Å². The molecule has 0 unspecified atom stereocenters. The zero-order chi connectivity index (χ0) is 17.7. The SMILES string of the molecule is CC(=O)Nc1cccc(NC(=O)c2cccnc2NC(C)C)c1C. The fourth-order valence-electron chi connectivity index (χ4n) is 2.26. The highest BCUT2D eigenvalue weighted by Crippen LogP contribution is 2.24. The second-order valence-corrected chi connectivity index (χ2v) is 5.81. The van der Waals surface area contributed by atoms with Crippen LogP contribution in [0.1, 0.15) is 36.7 Å². The van der Waals surface area contributed by atoms with Gasteiger partial charge in [-0.25, -0.2) is 4.98 Å². The number of nitrogens with one attached hydrogen (secondary N) is 3. The van der Waals surface area contributed by atoms with E-state index in [0.717, 1.165) is 5.56 Å². The number of carbonyl (C=O) groups excluding carboxylic acids is 2. The molecular weight excluding hydrogens is 304 g/mol. The lowest BCUT2D eigenvalue weighted by Crippen LogP contribution is -2.19. The van der Waals surface area contributed by atoms with Crippen molar-refractivity contribution in [1.82, 2.24) is 4.98 Å². The summed E-state index contributed by atoms with van der Waals surface area (Å²) in [7, 11) is 0. The summed E-state index contributed by atoms with van der Waals surface area (Å²) in [5.41, 5.74) is 2.58. The first-order valence-electron chi connectivity index (χ1n) is 7.78. The van der Waals surface area contributed by atoms with Crippen molar-refractivity contribution in [2.45, 2.75) is 33.7 Å². The van der Waals surface area contributed by atoms with Gasteiger partial charge in [-0.15, -0.1) is 0 Å². The molecule has 2 rings (SSSR count). The van der Waals surface area contributed by atoms with Crippen LogP contribution < -0.4 is 16.0 Å². The number of amides is 2. The summed E-state index contributed by atoms with van der Waals surface area (Å²) in [6.07, 6.45) is 1.64. The van der Waals surface area contributed by atoms with E-state index in [9.17, 15) is 9.59 Å². The predicted octanol–water partition coefficient (Wildman–Crippen LogP) is 3.42. The van der Waals surface area contributed by atoms with Crippen LogP contribution in [-0.4, -0.2) is 22.8 Å². The molecule has 3 N–H and O–H groups in total. The third-order valence-electron chi connectivity index (χ3n) is 3.37. The summed E-state index contributed by atoms with van der Waals surface area (Å²) in [4.78, 5) is 28.1. The molecule has 0 fully saturated rings. The second kappa shape index (κ2) is 7.59. The Bertz CT molecular complexity index is 756. The zero-order valence-corrected chi connectivity index (χ0v) is 14.3. The molecule has 1 aromatic heterocycles. The van der Waals surface area contributed by atoms with Crippen molar-refractivity contribution in [3.8, 4) is 0 Å². The summed E-state index contributed by atoms with van der Waals surface area (Å²) in [6, 6.07) is 8.98. The Morgan fingerprint density at radius 2 is 1.71 bits per heavy atom. The maximum atomic E-state index is 12.6. The molecule has 0 bridgehead atoms. The van der Waals surface area contributed by atoms with Gasteiger partial charge < -0.3 is 16.0 Å². The molecule has 0 radical (unpaired) electrons. The molecule has 0 saturated carbocycles. The summed E-state index contributed by atoms with van der Waals surface area (Å²) < 4.78 is 0. The minimum Gasteiger partial charge on any atom is -0.367 e. The average molecular weight is 326 g/mol. The number of aromatic nitrogens is 1. The minimum atomic E-state index is -0.255. The molecule has 0 spiro atoms. The average Bonchev–Trinajstić information content (AvgIpc) is 2.50. The largest absolute Gasteiger partial charge is 0.367 e. The molecule has 1 aromatic carbocycles. The van der Waals surface area contributed by atoms with Crippen molar-refractivity contribution < 1.29 is 9.59 Å². The maximum Gasteiger partial charge on any atom is 0.259 e. The molecule has 24 heavy (non-hydrogen) atoms. The topological polar surface area (TPSA) is 83.1 Å². The standard InChI is InChI=1S/C18H22N4O2/c1-11(2)20-17-14(7-6-10-19-17)18(24)22-16-9-5-8-15(12(16)3)21-13(4)23/h5-11H,1-4H3,(H,19,20)(H,21,23)(H,22,24). The first-order chi connectivity index (χ1) is 11.4. The summed E-state index contributed by atoms with van der Waals surface area (Å²) in [6.45, 7) is 7.26. The van der Waals surface area contributed by atoms with Crippen LogP contribution in [0.25, 0.3) is 0 Å². The first-order valence-corrected chi connectivity index (χ1v) is 7.78. The van der Waals surface area contributed by atoms with Crippen LogP contribution >= 0.6 is 0 Å². The van der Waals surface area contributed by atoms with E-state index in [2.05, 4.69) is 20.9 Å². The van der Waals surface area contributed by atoms with Crippen LogP contribution in [0.15, 0.2) is 36.5 Å². The summed E-state index contributed by atoms with van der Waals surface area (Å²) >= 11 is 0. The Morgan fingerprint density at radius 3 is 2.33 bits per heavy atom. The van der Waals surface area contributed by atoms with Gasteiger partial charge in [-0.1, -0.05) is 6.07 Å². The lowest BCUT2D eigenvalue weighted by molar-refractivity contribution is -0.114. The normalized spacial score (nSPS) is 10.4. The molecule has 2 amide bonds. The molecule has 0 aliphatic rings. The molecule has 0 atom stereocenters. The number of benzene rings is 1. The Kier molecular flexibility index (Phi) is 5.52. The Labute approximate surface area is 141 Å². The monoisotopic (exact) mass is 326 g/mol. The molecule has 2 aromatic rings. The number of rotatable bonds is 5. The quantitative estimate of drug-likeness (QED) is 0.786. The molecule has 126 valence electrons. The molecule has 0 saturated heterocycles. The van der Waals surface area contributed by atoms with Crippen molar-refractivity contribution in [3.63, 3.8) is 0 Å². The van der Waals surface area contributed by atoms with E-state index in [1.54, 1.807) is 36.5 Å². The van der Waals surface area contributed by atoms with Gasteiger partial charge >= 0.3 is 0 Å². The van der Waals surface area contributed by atoms with E-state index in [4.69, 9.17) is 0 Å². The van der Waals surface area contributed by atoms with Crippen molar-refractivity contribution in [3.05, 3.63) is 47.7 Å². The van der Waals surface area contributed by atoms with Crippen LogP contribution in [-0.2, 0) is 4.79 Å². The van der Waals surface area contributed by atoms with Crippen molar-refractivity contribution in [2.24, 2.45) is 0 Å². The number of pyridine rings is 1. The fourth-order valence-corrected chi connectivity index (χ4v) is 2.26. The lowest BCUT2D eigenvalue weighted by atomic mass is 10.1. The smallest absolute Gasteiger partial charge is 0.259 e. The third kappa shape index (κ3) is 4.32. The van der Waals surface area contributed by atoms with Gasteiger partial charge in [-0.05, 0) is 50.6 Å². The fraction of sp³-hybridized carbons (Fsp3) is 0.278. The number of carbonyl (C=O) groups is 2. The van der Waals surface area contributed by atoms with Crippen LogP contribution in [0.3, 0.4) is 0 Å². The molecule has 0 aliphatic carbocycles. The first kappa shape index (κ1) is 17.5. The van der Waals surface area contributed by atoms with Crippen LogP contribution in [0.2, 0.25) is 0 Å². The summed E-state index contributed by atoms with van der Waals surface area (Å²) in [5, 5.41) is 8.80. The molecular formula is C18H22N4O2. The zero-order valence-electron chi connectivity index (χ0n) is 14.3. The predicted molar refractivity (Wildman–Crippen MR) is 96.4 cm³/mol. The third-order valence-corrected chi connectivity index (χ3v) is 3.37. The van der Waals surface area contributed by atoms with Gasteiger partial charge in [0.2, 0.25) is 5.91 Å². The highest BCUT2D eigenvalue weighted by molar-refractivity contribution is 6.08. The minimum absolute atomic E-state index is 0.155. The van der Waals surface area contributed by atoms with Gasteiger partial charge in [0.25, 0.3) is 5.91 Å². The molecule has 0 aliphatic heterocycles. The lowest BCUT2D eigenvalue weighted by Gasteiger charge is -2.15. The van der Waals surface area contributed by atoms with E-state index in [1.165, 1.54) is 6.92 Å². The Hall–Kier alpha value is -2.89. The second-order valence-electron chi connectivity index (χ2n) is 5.81. The molecule has 6 nitrogen and oxygen atoms in total. The van der Waals surface area contributed by atoms with Gasteiger partial charge in [-0.3, -0.25) is 9.59 Å². The van der Waals surface area contributed by atoms with Gasteiger partial charge in [0.15, 0.2) is 0 Å². The van der Waals surface area contributed by atoms with E-state index in [1.807, 2.05) is 20.8 Å². The Morgan fingerprint density at radius 1 is 1.04 bits per heavy atom. The number of anilines is 3. The van der Waals surface area contributed by atoms with Gasteiger partial charge in [0.05, 0.1) is 5.56 Å². The van der Waals surface area contributed by atoms with Crippen LogP contribution in [0.4, 0.5) is 17.2 Å². The van der Waals surface area contributed by atoms with Gasteiger partial charge in [0, 0.05) is 30.5 Å². The highest BCUT2D eigenvalue weighted by atomic mass is 16.2. The number of hydrogen-bond acceptors (Lipinski definition) is 4. The van der Waals surface area contributed by atoms with E-state index in [-0.39, 0.29) is 17.9 Å². The summed E-state index contributed by atoms with van der Waals surface area (Å²) in [5.74, 6) is 0.132. The van der Waals surface area contributed by atoms with Crippen LogP contribution in [0.5, 0.6) is 0 Å². The number of nitrogens with zero attached hydrogens (tertiary/aromatic N) is 1. The van der Waals surface area contributed by atoms with E-state index in [0.29, 0.717) is 22.8 Å². The van der Waals surface area contributed by atoms with E-state index >= 15 is 0 Å². The Balaban J connectivity index is 2.26. The van der Waals surface area contributed by atoms with Gasteiger partial charge in [-0.2, -0.15) is 0 Å². The van der Waals surface area contributed by atoms with Crippen LogP contribution in [0, 0.1) is 6.92 Å². The van der Waals surface area contributed by atoms with Gasteiger partial charge in [0.1, 0.15) is 5.82 Å². The molecule has 6 heteroatoms. The maximum absolute atomic E-state index is 12.6. The van der Waals surface area contributed by atoms with Crippen molar-refractivity contribution in [1.29, 1.82) is 0 Å².